The van der Waals surface area contributed by atoms with Crippen LogP contribution in [0.4, 0.5) is 4.79 Å². The zero-order valence-corrected chi connectivity index (χ0v) is 17.9. The first-order valence-corrected chi connectivity index (χ1v) is 10.4. The maximum atomic E-state index is 12.0. The molecular formula is C19H35N5O7. The summed E-state index contributed by atoms with van der Waals surface area (Å²) in [5, 5.41) is 28.1. The Bertz CT molecular complexity index is 600. The number of aliphatic carboxylic acids is 2. The number of carboxylic acids is 2. The summed E-state index contributed by atoms with van der Waals surface area (Å²) in [6, 6.07) is -2.29. The van der Waals surface area contributed by atoms with Gasteiger partial charge in [-0.05, 0) is 39.2 Å². The third-order valence-electron chi connectivity index (χ3n) is 4.52. The molecule has 178 valence electrons. The van der Waals surface area contributed by atoms with E-state index in [1.165, 1.54) is 0 Å². The number of carbonyl (C=O) groups excluding carboxylic acids is 3. The summed E-state index contributed by atoms with van der Waals surface area (Å²) in [4.78, 5) is 56.2. The number of hydrogen-bond acceptors (Lipinski definition) is 6. The van der Waals surface area contributed by atoms with Crippen LogP contribution >= 0.6 is 0 Å². The molecule has 0 heterocycles. The van der Waals surface area contributed by atoms with Crippen LogP contribution in [-0.4, -0.2) is 72.2 Å². The van der Waals surface area contributed by atoms with Gasteiger partial charge >= 0.3 is 18.0 Å². The molecule has 4 amide bonds. The highest BCUT2D eigenvalue weighted by atomic mass is 16.4. The number of primary amides is 1. The Morgan fingerprint density at radius 2 is 1.39 bits per heavy atom. The largest absolute Gasteiger partial charge is 0.481 e. The van der Waals surface area contributed by atoms with Crippen LogP contribution in [0, 0.1) is 0 Å². The van der Waals surface area contributed by atoms with Gasteiger partial charge in [-0.25, -0.2) is 9.59 Å². The second-order valence-corrected chi connectivity index (χ2v) is 7.19. The molecular weight excluding hydrogens is 410 g/mol. The lowest BCUT2D eigenvalue weighted by atomic mass is 10.1. The number of carbonyl (C=O) groups is 5. The van der Waals surface area contributed by atoms with E-state index in [1.807, 2.05) is 0 Å². The van der Waals surface area contributed by atoms with E-state index in [4.69, 9.17) is 15.9 Å². The topological polar surface area (TPSA) is 200 Å². The molecule has 8 N–H and O–H groups in total. The van der Waals surface area contributed by atoms with Gasteiger partial charge in [-0.2, -0.15) is 0 Å². The fourth-order valence-electron chi connectivity index (χ4n) is 2.80. The summed E-state index contributed by atoms with van der Waals surface area (Å²) >= 11 is 0. The number of carboxylic acid groups (broad SMARTS) is 2. The van der Waals surface area contributed by atoms with Gasteiger partial charge in [-0.3, -0.25) is 14.4 Å². The Morgan fingerprint density at radius 1 is 0.839 bits per heavy atom. The first kappa shape index (κ1) is 28.1. The number of unbranched alkanes of at least 4 members (excludes halogenated alkanes) is 3. The lowest BCUT2D eigenvalue weighted by Crippen LogP contribution is -2.43. The molecule has 0 radical (unpaired) electrons. The molecule has 0 spiro atoms. The van der Waals surface area contributed by atoms with Gasteiger partial charge in [0.2, 0.25) is 11.8 Å². The highest BCUT2D eigenvalue weighted by Crippen LogP contribution is 2.03. The molecule has 0 rings (SSSR count). The van der Waals surface area contributed by atoms with Crippen LogP contribution in [0.2, 0.25) is 0 Å². The Morgan fingerprint density at radius 3 is 1.84 bits per heavy atom. The summed E-state index contributed by atoms with van der Waals surface area (Å²) in [6.45, 7) is 0.809. The van der Waals surface area contributed by atoms with Gasteiger partial charge in [0.1, 0.15) is 6.04 Å². The smallest absolute Gasteiger partial charge is 0.326 e. The molecule has 0 aliphatic carbocycles. The third kappa shape index (κ3) is 16.6. The van der Waals surface area contributed by atoms with Crippen molar-refractivity contribution < 1.29 is 34.2 Å². The maximum Gasteiger partial charge on any atom is 0.326 e. The zero-order valence-electron chi connectivity index (χ0n) is 17.9. The second-order valence-electron chi connectivity index (χ2n) is 7.19. The molecule has 0 bridgehead atoms. The van der Waals surface area contributed by atoms with E-state index in [1.54, 1.807) is 7.05 Å². The molecule has 0 fully saturated rings. The van der Waals surface area contributed by atoms with Crippen LogP contribution in [0.25, 0.3) is 0 Å². The van der Waals surface area contributed by atoms with Crippen LogP contribution < -0.4 is 27.0 Å². The molecule has 12 heteroatoms. The first-order valence-electron chi connectivity index (χ1n) is 10.4. The molecule has 0 saturated carbocycles. The van der Waals surface area contributed by atoms with Crippen LogP contribution in [0.1, 0.15) is 57.8 Å². The van der Waals surface area contributed by atoms with Crippen molar-refractivity contribution in [1.82, 2.24) is 21.3 Å². The molecule has 0 aliphatic rings. The minimum Gasteiger partial charge on any atom is -0.481 e. The summed E-state index contributed by atoms with van der Waals surface area (Å²) in [6.07, 6.45) is 3.56. The van der Waals surface area contributed by atoms with Crippen molar-refractivity contribution in [3.8, 4) is 0 Å². The van der Waals surface area contributed by atoms with Crippen LogP contribution in [-0.2, 0) is 19.2 Å². The van der Waals surface area contributed by atoms with Crippen molar-refractivity contribution in [1.29, 1.82) is 0 Å². The average Bonchev–Trinajstić information content (AvgIpc) is 2.68. The van der Waals surface area contributed by atoms with E-state index in [0.29, 0.717) is 38.8 Å². The van der Waals surface area contributed by atoms with E-state index in [0.717, 1.165) is 6.42 Å². The lowest BCUT2D eigenvalue weighted by molar-refractivity contribution is -0.139. The quantitative estimate of drug-likeness (QED) is 0.137. The Kier molecular flexibility index (Phi) is 15.3. The van der Waals surface area contributed by atoms with E-state index >= 15 is 0 Å². The normalized spacial score (nSPS) is 12.4. The zero-order chi connectivity index (χ0) is 23.6. The molecule has 0 aromatic rings. The van der Waals surface area contributed by atoms with Crippen molar-refractivity contribution >= 4 is 29.8 Å². The van der Waals surface area contributed by atoms with Crippen molar-refractivity contribution in [2.24, 2.45) is 5.73 Å². The van der Waals surface area contributed by atoms with E-state index in [9.17, 15) is 24.0 Å². The van der Waals surface area contributed by atoms with Crippen LogP contribution in [0.3, 0.4) is 0 Å². The Labute approximate surface area is 181 Å². The van der Waals surface area contributed by atoms with Crippen LogP contribution in [0.5, 0.6) is 0 Å². The molecule has 31 heavy (non-hydrogen) atoms. The van der Waals surface area contributed by atoms with Crippen molar-refractivity contribution in [3.63, 3.8) is 0 Å². The number of nitrogens with one attached hydrogen (secondary N) is 4. The van der Waals surface area contributed by atoms with Gasteiger partial charge in [0.15, 0.2) is 0 Å². The molecule has 0 saturated heterocycles. The predicted octanol–water partition coefficient (Wildman–Crippen LogP) is -0.476. The first-order chi connectivity index (χ1) is 14.6. The fraction of sp³-hybridized carbons (Fsp3) is 0.737. The fourth-order valence-corrected chi connectivity index (χ4v) is 2.80. The molecule has 12 nitrogen and oxygen atoms in total. The molecule has 0 aromatic carbocycles. The standard InChI is InChI=1S/C19H35N5O7/c1-21-13(11-15(25)22-9-5-2-3-8-17(27)28)12-16(26)23-10-6-4-7-14(18(29)30)24-19(20)31/h13-14,21H,2-12H2,1H3,(H,22,25)(H,23,26)(H,27,28)(H,29,30)(H3,20,24,31)/t13?,14-/m0/s1. The van der Waals surface area contributed by atoms with Gasteiger partial charge < -0.3 is 37.2 Å². The molecule has 0 aromatic heterocycles. The number of amides is 4. The highest BCUT2D eigenvalue weighted by molar-refractivity contribution is 5.81. The van der Waals surface area contributed by atoms with Gasteiger partial charge in [0.05, 0.1) is 0 Å². The molecule has 2 atom stereocenters. The predicted molar refractivity (Wildman–Crippen MR) is 112 cm³/mol. The lowest BCUT2D eigenvalue weighted by Gasteiger charge is -2.16. The number of urea groups is 1. The number of rotatable bonds is 18. The van der Waals surface area contributed by atoms with Gasteiger partial charge in [-0.1, -0.05) is 6.42 Å². The molecule has 0 aliphatic heterocycles. The maximum absolute atomic E-state index is 12.0. The average molecular weight is 446 g/mol. The second kappa shape index (κ2) is 16.9. The van der Waals surface area contributed by atoms with Gasteiger partial charge in [0.25, 0.3) is 0 Å². The van der Waals surface area contributed by atoms with Gasteiger partial charge in [0, 0.05) is 38.4 Å². The van der Waals surface area contributed by atoms with E-state index in [2.05, 4.69) is 21.3 Å². The Balaban J connectivity index is 3.97. The highest BCUT2D eigenvalue weighted by Gasteiger charge is 2.18. The van der Waals surface area contributed by atoms with Crippen molar-refractivity contribution in [2.75, 3.05) is 20.1 Å². The van der Waals surface area contributed by atoms with Crippen molar-refractivity contribution in [2.45, 2.75) is 69.9 Å². The minimum absolute atomic E-state index is 0.115. The summed E-state index contributed by atoms with van der Waals surface area (Å²) < 4.78 is 0. The third-order valence-corrected chi connectivity index (χ3v) is 4.52. The summed E-state index contributed by atoms with van der Waals surface area (Å²) in [5.41, 5.74) is 4.93. The van der Waals surface area contributed by atoms with Crippen molar-refractivity contribution in [3.05, 3.63) is 0 Å². The minimum atomic E-state index is -1.17. The van der Waals surface area contributed by atoms with Gasteiger partial charge in [-0.15, -0.1) is 0 Å². The number of nitrogens with two attached hydrogens (primary N) is 1. The SMILES string of the molecule is CNC(CC(=O)NCCCCCC(=O)O)CC(=O)NCCCC[C@H](NC(N)=O)C(=O)O. The van der Waals surface area contributed by atoms with E-state index in [-0.39, 0.29) is 43.5 Å². The molecule has 1 unspecified atom stereocenters. The monoisotopic (exact) mass is 445 g/mol. The summed E-state index contributed by atoms with van der Waals surface area (Å²) in [7, 11) is 1.66. The number of hydrogen-bond donors (Lipinski definition) is 7. The van der Waals surface area contributed by atoms with E-state index < -0.39 is 24.0 Å². The summed E-state index contributed by atoms with van der Waals surface area (Å²) in [5.74, 6) is -2.42. The van der Waals surface area contributed by atoms with Crippen LogP contribution in [0.15, 0.2) is 0 Å². The Hall–Kier alpha value is -2.89.